The van der Waals surface area contributed by atoms with Crippen molar-refractivity contribution in [1.29, 1.82) is 0 Å². The number of para-hydroxylation sites is 1. The van der Waals surface area contributed by atoms with Crippen molar-refractivity contribution in [3.8, 4) is 11.5 Å². The minimum atomic E-state index is -0.0948. The molecule has 0 atom stereocenters. The summed E-state index contributed by atoms with van der Waals surface area (Å²) in [5.74, 6) is -0.162. The van der Waals surface area contributed by atoms with Gasteiger partial charge in [-0.3, -0.25) is 5.10 Å². The Balaban J connectivity index is 1.92. The SMILES string of the molecule is Oc1cccc(CNCc2cn[nH]c2)c1O. The fraction of sp³-hybridized carbons (Fsp3) is 0.182. The largest absolute Gasteiger partial charge is 0.504 e. The summed E-state index contributed by atoms with van der Waals surface area (Å²) in [6, 6.07) is 4.91. The molecule has 0 spiro atoms. The zero-order chi connectivity index (χ0) is 11.4. The summed E-state index contributed by atoms with van der Waals surface area (Å²) in [4.78, 5) is 0. The molecule has 1 aromatic carbocycles. The molecule has 0 bridgehead atoms. The van der Waals surface area contributed by atoms with E-state index in [9.17, 15) is 10.2 Å². The minimum absolute atomic E-state index is 0.0674. The van der Waals surface area contributed by atoms with Gasteiger partial charge in [-0.25, -0.2) is 0 Å². The highest BCUT2D eigenvalue weighted by Crippen LogP contribution is 2.27. The van der Waals surface area contributed by atoms with Gasteiger partial charge in [-0.2, -0.15) is 5.10 Å². The third kappa shape index (κ3) is 2.32. The standard InChI is InChI=1S/C11H13N3O2/c15-10-3-1-2-9(11(10)16)7-12-4-8-5-13-14-6-8/h1-3,5-6,12,15-16H,4,7H2,(H,13,14). The smallest absolute Gasteiger partial charge is 0.161 e. The van der Waals surface area contributed by atoms with Gasteiger partial charge in [0.1, 0.15) is 0 Å². The molecule has 1 heterocycles. The van der Waals surface area contributed by atoms with E-state index in [1.165, 1.54) is 6.07 Å². The molecule has 0 saturated carbocycles. The van der Waals surface area contributed by atoms with E-state index in [2.05, 4.69) is 15.5 Å². The van der Waals surface area contributed by atoms with Crippen LogP contribution in [-0.2, 0) is 13.1 Å². The summed E-state index contributed by atoms with van der Waals surface area (Å²) in [6.07, 6.45) is 3.53. The molecule has 0 fully saturated rings. The molecule has 0 radical (unpaired) electrons. The molecule has 0 aliphatic rings. The zero-order valence-electron chi connectivity index (χ0n) is 8.64. The average molecular weight is 219 g/mol. The first-order valence-corrected chi connectivity index (χ1v) is 4.95. The van der Waals surface area contributed by atoms with Gasteiger partial charge >= 0.3 is 0 Å². The van der Waals surface area contributed by atoms with Crippen LogP contribution in [0.1, 0.15) is 11.1 Å². The normalized spacial score (nSPS) is 10.5. The molecule has 16 heavy (non-hydrogen) atoms. The Morgan fingerprint density at radius 2 is 2.12 bits per heavy atom. The lowest BCUT2D eigenvalue weighted by Gasteiger charge is -2.06. The van der Waals surface area contributed by atoms with Crippen molar-refractivity contribution < 1.29 is 10.2 Å². The Morgan fingerprint density at radius 1 is 1.25 bits per heavy atom. The lowest BCUT2D eigenvalue weighted by molar-refractivity contribution is 0.397. The van der Waals surface area contributed by atoms with E-state index >= 15 is 0 Å². The van der Waals surface area contributed by atoms with Gasteiger partial charge in [-0.15, -0.1) is 0 Å². The lowest BCUT2D eigenvalue weighted by atomic mass is 10.2. The molecular weight excluding hydrogens is 206 g/mol. The number of benzene rings is 1. The predicted octanol–water partition coefficient (Wildman–Crippen LogP) is 1.11. The van der Waals surface area contributed by atoms with Gasteiger partial charge in [0.15, 0.2) is 11.5 Å². The van der Waals surface area contributed by atoms with E-state index < -0.39 is 0 Å². The average Bonchev–Trinajstić information content (AvgIpc) is 2.77. The van der Waals surface area contributed by atoms with Crippen LogP contribution in [0.15, 0.2) is 30.6 Å². The second-order valence-electron chi connectivity index (χ2n) is 3.49. The molecule has 4 N–H and O–H groups in total. The highest BCUT2D eigenvalue weighted by molar-refractivity contribution is 5.44. The summed E-state index contributed by atoms with van der Waals surface area (Å²) < 4.78 is 0. The third-order valence-corrected chi connectivity index (χ3v) is 2.30. The van der Waals surface area contributed by atoms with Gasteiger partial charge in [-0.05, 0) is 6.07 Å². The minimum Gasteiger partial charge on any atom is -0.504 e. The second kappa shape index (κ2) is 4.67. The van der Waals surface area contributed by atoms with Crippen LogP contribution in [0.4, 0.5) is 0 Å². The Bertz CT molecular complexity index is 454. The van der Waals surface area contributed by atoms with Gasteiger partial charge < -0.3 is 15.5 Å². The fourth-order valence-electron chi connectivity index (χ4n) is 1.44. The molecule has 84 valence electrons. The van der Waals surface area contributed by atoms with Crippen molar-refractivity contribution in [2.45, 2.75) is 13.1 Å². The lowest BCUT2D eigenvalue weighted by Crippen LogP contribution is -2.12. The summed E-state index contributed by atoms with van der Waals surface area (Å²) in [7, 11) is 0. The number of hydrogen-bond donors (Lipinski definition) is 4. The summed E-state index contributed by atoms with van der Waals surface area (Å²) in [6.45, 7) is 1.15. The molecular formula is C11H13N3O2. The van der Waals surface area contributed by atoms with E-state index in [4.69, 9.17) is 0 Å². The first-order valence-electron chi connectivity index (χ1n) is 4.95. The van der Waals surface area contributed by atoms with Crippen LogP contribution in [0.5, 0.6) is 11.5 Å². The second-order valence-corrected chi connectivity index (χ2v) is 3.49. The van der Waals surface area contributed by atoms with Crippen LogP contribution >= 0.6 is 0 Å². The molecule has 5 nitrogen and oxygen atoms in total. The molecule has 1 aromatic heterocycles. The number of rotatable bonds is 4. The van der Waals surface area contributed by atoms with Crippen molar-refractivity contribution in [2.75, 3.05) is 0 Å². The monoisotopic (exact) mass is 219 g/mol. The van der Waals surface area contributed by atoms with Gasteiger partial charge in [0.2, 0.25) is 0 Å². The van der Waals surface area contributed by atoms with Crippen LogP contribution in [0.3, 0.4) is 0 Å². The molecule has 0 unspecified atom stereocenters. The van der Waals surface area contributed by atoms with Crippen LogP contribution in [0.25, 0.3) is 0 Å². The highest BCUT2D eigenvalue weighted by atomic mass is 16.3. The van der Waals surface area contributed by atoms with E-state index in [0.717, 1.165) is 5.56 Å². The number of H-pyrrole nitrogens is 1. The van der Waals surface area contributed by atoms with Gasteiger partial charge in [-0.1, -0.05) is 12.1 Å². The summed E-state index contributed by atoms with van der Waals surface area (Å²) in [5.41, 5.74) is 1.71. The van der Waals surface area contributed by atoms with E-state index in [1.807, 2.05) is 0 Å². The summed E-state index contributed by atoms with van der Waals surface area (Å²) in [5, 5.41) is 28.5. The molecule has 0 aliphatic carbocycles. The number of aromatic hydroxyl groups is 2. The number of nitrogens with one attached hydrogen (secondary N) is 2. The maximum absolute atomic E-state index is 9.55. The molecule has 0 saturated heterocycles. The Labute approximate surface area is 92.8 Å². The van der Waals surface area contributed by atoms with Crippen molar-refractivity contribution in [1.82, 2.24) is 15.5 Å². The Hall–Kier alpha value is -2.01. The van der Waals surface area contributed by atoms with Crippen LogP contribution in [-0.4, -0.2) is 20.4 Å². The molecule has 0 aliphatic heterocycles. The number of aromatic amines is 1. The van der Waals surface area contributed by atoms with Crippen molar-refractivity contribution in [3.05, 3.63) is 41.7 Å². The Kier molecular flexibility index (Phi) is 3.07. The molecule has 2 aromatic rings. The van der Waals surface area contributed by atoms with Crippen molar-refractivity contribution in [3.63, 3.8) is 0 Å². The van der Waals surface area contributed by atoms with E-state index in [-0.39, 0.29) is 11.5 Å². The number of aromatic nitrogens is 2. The van der Waals surface area contributed by atoms with Crippen molar-refractivity contribution in [2.24, 2.45) is 0 Å². The zero-order valence-corrected chi connectivity index (χ0v) is 8.64. The van der Waals surface area contributed by atoms with Gasteiger partial charge in [0, 0.05) is 30.4 Å². The van der Waals surface area contributed by atoms with E-state index in [1.54, 1.807) is 24.5 Å². The third-order valence-electron chi connectivity index (χ3n) is 2.30. The van der Waals surface area contributed by atoms with Crippen LogP contribution in [0.2, 0.25) is 0 Å². The highest BCUT2D eigenvalue weighted by Gasteiger charge is 2.04. The molecule has 0 amide bonds. The quantitative estimate of drug-likeness (QED) is 0.581. The van der Waals surface area contributed by atoms with Gasteiger partial charge in [0.25, 0.3) is 0 Å². The Morgan fingerprint density at radius 3 is 2.88 bits per heavy atom. The predicted molar refractivity (Wildman–Crippen MR) is 58.9 cm³/mol. The number of hydrogen-bond acceptors (Lipinski definition) is 4. The summed E-state index contributed by atoms with van der Waals surface area (Å²) >= 11 is 0. The molecule has 5 heteroatoms. The van der Waals surface area contributed by atoms with Crippen LogP contribution < -0.4 is 5.32 Å². The first kappa shape index (κ1) is 10.5. The molecule has 2 rings (SSSR count). The van der Waals surface area contributed by atoms with Crippen molar-refractivity contribution >= 4 is 0 Å². The number of phenolic OH excluding ortho intramolecular Hbond substituents is 2. The maximum atomic E-state index is 9.55. The topological polar surface area (TPSA) is 81.2 Å². The van der Waals surface area contributed by atoms with Gasteiger partial charge in [0.05, 0.1) is 6.20 Å². The maximum Gasteiger partial charge on any atom is 0.161 e. The first-order chi connectivity index (χ1) is 7.77. The van der Waals surface area contributed by atoms with E-state index in [0.29, 0.717) is 18.7 Å². The van der Waals surface area contributed by atoms with Crippen LogP contribution in [0, 0.1) is 0 Å². The fourth-order valence-corrected chi connectivity index (χ4v) is 1.44. The number of phenols is 2. The number of nitrogens with zero attached hydrogens (tertiary/aromatic N) is 1.